The van der Waals surface area contributed by atoms with Crippen LogP contribution in [0.3, 0.4) is 0 Å². The van der Waals surface area contributed by atoms with Gasteiger partial charge in [-0.3, -0.25) is 0 Å². The topological polar surface area (TPSA) is 64.9 Å². The maximum absolute atomic E-state index is 5.87. The molecule has 4 nitrogen and oxygen atoms in total. The highest BCUT2D eigenvalue weighted by Gasteiger charge is 2.07. The number of aromatic nitrogens is 2. The molecule has 2 aromatic rings. The molecule has 1 aromatic heterocycles. The van der Waals surface area contributed by atoms with Crippen molar-refractivity contribution in [2.24, 2.45) is 0 Å². The van der Waals surface area contributed by atoms with Crippen LogP contribution in [0.4, 0.5) is 5.69 Å². The molecule has 84 valence electrons. The second-order valence-electron chi connectivity index (χ2n) is 3.27. The van der Waals surface area contributed by atoms with Crippen LogP contribution in [0.2, 0.25) is 0 Å². The van der Waals surface area contributed by atoms with Crippen LogP contribution in [-0.2, 0) is 5.75 Å². The molecule has 2 rings (SSSR count). The normalized spacial score (nSPS) is 10.6. The summed E-state index contributed by atoms with van der Waals surface area (Å²) >= 11 is 5.03. The standard InChI is InChI=1S/C10H10BrN3OS/c1-6-9(14-15-13-6)5-16-10-4-7(11)2-3-8(10)12/h2-4H,5,12H2,1H3. The Labute approximate surface area is 106 Å². The molecule has 1 heterocycles. The molecular weight excluding hydrogens is 290 g/mol. The molecule has 0 amide bonds. The Morgan fingerprint density at radius 1 is 1.44 bits per heavy atom. The van der Waals surface area contributed by atoms with Crippen LogP contribution in [0.5, 0.6) is 0 Å². The van der Waals surface area contributed by atoms with E-state index in [1.54, 1.807) is 11.8 Å². The zero-order valence-electron chi connectivity index (χ0n) is 8.61. The van der Waals surface area contributed by atoms with E-state index in [2.05, 4.69) is 30.9 Å². The van der Waals surface area contributed by atoms with Crippen molar-refractivity contribution in [2.75, 3.05) is 5.73 Å². The molecule has 0 unspecified atom stereocenters. The number of nitrogens with zero attached hydrogens (tertiary/aromatic N) is 2. The number of rotatable bonds is 3. The van der Waals surface area contributed by atoms with Gasteiger partial charge in [-0.1, -0.05) is 26.2 Å². The lowest BCUT2D eigenvalue weighted by Crippen LogP contribution is -1.90. The third-order valence-electron chi connectivity index (χ3n) is 2.09. The number of nitrogen functional groups attached to an aromatic ring is 1. The summed E-state index contributed by atoms with van der Waals surface area (Å²) in [6.07, 6.45) is 0. The van der Waals surface area contributed by atoms with Gasteiger partial charge < -0.3 is 5.73 Å². The zero-order valence-corrected chi connectivity index (χ0v) is 11.0. The van der Waals surface area contributed by atoms with Crippen LogP contribution in [0.1, 0.15) is 11.4 Å². The second-order valence-corrected chi connectivity index (χ2v) is 5.20. The van der Waals surface area contributed by atoms with Crippen molar-refractivity contribution in [3.05, 3.63) is 34.1 Å². The van der Waals surface area contributed by atoms with E-state index in [0.29, 0.717) is 5.75 Å². The lowest BCUT2D eigenvalue weighted by molar-refractivity contribution is 0.302. The predicted octanol–water partition coefficient (Wildman–Crippen LogP) is 3.02. The molecule has 0 saturated heterocycles. The van der Waals surface area contributed by atoms with E-state index in [9.17, 15) is 0 Å². The quantitative estimate of drug-likeness (QED) is 0.697. The third kappa shape index (κ3) is 2.56. The Kier molecular flexibility index (Phi) is 3.50. The number of benzene rings is 1. The fourth-order valence-electron chi connectivity index (χ4n) is 1.16. The van der Waals surface area contributed by atoms with Gasteiger partial charge in [-0.05, 0) is 25.1 Å². The van der Waals surface area contributed by atoms with Crippen LogP contribution < -0.4 is 5.73 Å². The summed E-state index contributed by atoms with van der Waals surface area (Å²) in [6, 6.07) is 5.78. The number of nitrogens with two attached hydrogens (primary N) is 1. The molecule has 0 aliphatic carbocycles. The number of thioether (sulfide) groups is 1. The molecule has 6 heteroatoms. The summed E-state index contributed by atoms with van der Waals surface area (Å²) in [4.78, 5) is 1.02. The number of hydrogen-bond acceptors (Lipinski definition) is 5. The van der Waals surface area contributed by atoms with Gasteiger partial charge in [0.1, 0.15) is 11.4 Å². The number of halogens is 1. The first-order chi connectivity index (χ1) is 7.66. The molecule has 1 aromatic carbocycles. The minimum atomic E-state index is 0.704. The van der Waals surface area contributed by atoms with Crippen molar-refractivity contribution >= 4 is 33.4 Å². The van der Waals surface area contributed by atoms with Gasteiger partial charge in [0.25, 0.3) is 0 Å². The van der Waals surface area contributed by atoms with Crippen LogP contribution in [0, 0.1) is 6.92 Å². The van der Waals surface area contributed by atoms with Crippen molar-refractivity contribution in [1.82, 2.24) is 10.3 Å². The summed E-state index contributed by atoms with van der Waals surface area (Å²) in [5.41, 5.74) is 8.30. The SMILES string of the molecule is Cc1nonc1CSc1cc(Br)ccc1N. The van der Waals surface area contributed by atoms with Crippen molar-refractivity contribution in [3.8, 4) is 0 Å². The largest absolute Gasteiger partial charge is 0.398 e. The van der Waals surface area contributed by atoms with Gasteiger partial charge in [0.2, 0.25) is 0 Å². The molecule has 0 spiro atoms. The van der Waals surface area contributed by atoms with Crippen LogP contribution >= 0.6 is 27.7 Å². The summed E-state index contributed by atoms with van der Waals surface area (Å²) in [5, 5.41) is 7.55. The molecule has 0 fully saturated rings. The van der Waals surface area contributed by atoms with E-state index in [4.69, 9.17) is 5.73 Å². The van der Waals surface area contributed by atoms with Gasteiger partial charge in [-0.15, -0.1) is 11.8 Å². The molecule has 16 heavy (non-hydrogen) atoms. The van der Waals surface area contributed by atoms with E-state index in [-0.39, 0.29) is 0 Å². The van der Waals surface area contributed by atoms with Gasteiger partial charge in [0, 0.05) is 20.8 Å². The van der Waals surface area contributed by atoms with Gasteiger partial charge in [0.05, 0.1) is 0 Å². The fourth-order valence-corrected chi connectivity index (χ4v) is 2.67. The molecular formula is C10H10BrN3OS. The Hall–Kier alpha value is -1.01. The van der Waals surface area contributed by atoms with Gasteiger partial charge >= 0.3 is 0 Å². The smallest absolute Gasteiger partial charge is 0.118 e. The lowest BCUT2D eigenvalue weighted by Gasteiger charge is -2.04. The van der Waals surface area contributed by atoms with Crippen molar-refractivity contribution < 1.29 is 4.63 Å². The molecule has 2 N–H and O–H groups in total. The molecule has 0 bridgehead atoms. The summed E-state index contributed by atoms with van der Waals surface area (Å²) < 4.78 is 5.65. The zero-order chi connectivity index (χ0) is 11.5. The molecule has 0 aliphatic heterocycles. The van der Waals surface area contributed by atoms with Crippen molar-refractivity contribution in [2.45, 2.75) is 17.6 Å². The monoisotopic (exact) mass is 299 g/mol. The minimum absolute atomic E-state index is 0.704. The highest BCUT2D eigenvalue weighted by Crippen LogP contribution is 2.30. The lowest BCUT2D eigenvalue weighted by atomic mass is 10.3. The highest BCUT2D eigenvalue weighted by molar-refractivity contribution is 9.10. The minimum Gasteiger partial charge on any atom is -0.398 e. The predicted molar refractivity (Wildman–Crippen MR) is 67.2 cm³/mol. The Balaban J connectivity index is 2.10. The Morgan fingerprint density at radius 2 is 2.25 bits per heavy atom. The van der Waals surface area contributed by atoms with E-state index in [1.807, 2.05) is 25.1 Å². The average molecular weight is 300 g/mol. The Morgan fingerprint density at radius 3 is 2.94 bits per heavy atom. The number of aryl methyl sites for hydroxylation is 1. The molecule has 0 radical (unpaired) electrons. The maximum atomic E-state index is 5.87. The van der Waals surface area contributed by atoms with E-state index in [0.717, 1.165) is 26.4 Å². The first-order valence-corrected chi connectivity index (χ1v) is 6.40. The highest BCUT2D eigenvalue weighted by atomic mass is 79.9. The first kappa shape index (κ1) is 11.5. The molecule has 0 saturated carbocycles. The van der Waals surface area contributed by atoms with E-state index in [1.165, 1.54) is 0 Å². The van der Waals surface area contributed by atoms with Crippen LogP contribution in [0.15, 0.2) is 32.2 Å². The maximum Gasteiger partial charge on any atom is 0.118 e. The van der Waals surface area contributed by atoms with E-state index >= 15 is 0 Å². The van der Waals surface area contributed by atoms with E-state index < -0.39 is 0 Å². The van der Waals surface area contributed by atoms with Crippen molar-refractivity contribution in [3.63, 3.8) is 0 Å². The van der Waals surface area contributed by atoms with Gasteiger partial charge in [0.15, 0.2) is 0 Å². The summed E-state index contributed by atoms with van der Waals surface area (Å²) in [6.45, 7) is 1.87. The fraction of sp³-hybridized carbons (Fsp3) is 0.200. The second kappa shape index (κ2) is 4.88. The molecule has 0 aliphatic rings. The number of hydrogen-bond donors (Lipinski definition) is 1. The average Bonchev–Trinajstić information content (AvgIpc) is 2.66. The van der Waals surface area contributed by atoms with Crippen molar-refractivity contribution in [1.29, 1.82) is 0 Å². The first-order valence-electron chi connectivity index (χ1n) is 4.62. The summed E-state index contributed by atoms with van der Waals surface area (Å²) in [5.74, 6) is 0.704. The summed E-state index contributed by atoms with van der Waals surface area (Å²) in [7, 11) is 0. The number of anilines is 1. The van der Waals surface area contributed by atoms with Crippen LogP contribution in [-0.4, -0.2) is 10.3 Å². The van der Waals surface area contributed by atoms with Gasteiger partial charge in [-0.2, -0.15) is 0 Å². The third-order valence-corrected chi connectivity index (χ3v) is 3.66. The Bertz CT molecular complexity index is 501. The van der Waals surface area contributed by atoms with Crippen LogP contribution in [0.25, 0.3) is 0 Å². The van der Waals surface area contributed by atoms with Gasteiger partial charge in [-0.25, -0.2) is 4.63 Å². The molecule has 0 atom stereocenters.